The van der Waals surface area contributed by atoms with E-state index in [1.165, 1.54) is 12.4 Å². The normalized spacial score (nSPS) is 12.4. The second kappa shape index (κ2) is 10.1. The highest BCUT2D eigenvalue weighted by Gasteiger charge is 2.13. The van der Waals surface area contributed by atoms with Gasteiger partial charge in [0.25, 0.3) is 15.9 Å². The van der Waals surface area contributed by atoms with Gasteiger partial charge in [-0.15, -0.1) is 0 Å². The summed E-state index contributed by atoms with van der Waals surface area (Å²) in [7, 11) is -3.68. The summed E-state index contributed by atoms with van der Waals surface area (Å²) in [5.41, 5.74) is 3.38. The average Bonchev–Trinajstić information content (AvgIpc) is 3.39. The van der Waals surface area contributed by atoms with Gasteiger partial charge < -0.3 is 5.32 Å². The van der Waals surface area contributed by atoms with Crippen LogP contribution in [0.3, 0.4) is 0 Å². The van der Waals surface area contributed by atoms with Gasteiger partial charge in [-0.1, -0.05) is 42.5 Å². The molecule has 4 aromatic rings. The quantitative estimate of drug-likeness (QED) is 0.400. The molecule has 0 fully saturated rings. The number of sulfonamides is 1. The lowest BCUT2D eigenvalue weighted by atomic mass is 10.1. The largest absolute Gasteiger partial charge is 0.346 e. The predicted molar refractivity (Wildman–Crippen MR) is 132 cm³/mol. The lowest BCUT2D eigenvalue weighted by molar-refractivity contribution is 0.0940. The van der Waals surface area contributed by atoms with Crippen LogP contribution in [0, 0.1) is 0 Å². The zero-order valence-electron chi connectivity index (χ0n) is 18.4. The van der Waals surface area contributed by atoms with Crippen molar-refractivity contribution in [3.05, 3.63) is 114 Å². The van der Waals surface area contributed by atoms with Crippen LogP contribution in [0.1, 0.15) is 34.5 Å². The molecule has 1 atom stereocenters. The van der Waals surface area contributed by atoms with Gasteiger partial charge in [0.15, 0.2) is 0 Å². The number of nitrogens with zero attached hydrogens (tertiary/aromatic N) is 3. The maximum Gasteiger partial charge on any atom is 0.255 e. The van der Waals surface area contributed by atoms with E-state index in [-0.39, 0.29) is 11.9 Å². The number of carbonyl (C=O) groups is 1. The minimum Gasteiger partial charge on any atom is -0.346 e. The second-order valence-corrected chi connectivity index (χ2v) is 9.13. The van der Waals surface area contributed by atoms with Crippen molar-refractivity contribution in [1.29, 1.82) is 0 Å². The Kier molecular flexibility index (Phi) is 6.84. The van der Waals surface area contributed by atoms with Crippen LogP contribution in [0.5, 0.6) is 0 Å². The molecule has 1 heterocycles. The molecule has 172 valence electrons. The molecule has 9 heteroatoms. The van der Waals surface area contributed by atoms with Crippen molar-refractivity contribution in [2.75, 3.05) is 4.72 Å². The van der Waals surface area contributed by atoms with Crippen LogP contribution in [0.4, 0.5) is 5.69 Å². The smallest absolute Gasteiger partial charge is 0.255 e. The molecule has 4 rings (SSSR count). The van der Waals surface area contributed by atoms with E-state index in [0.717, 1.165) is 22.2 Å². The third-order valence-electron chi connectivity index (χ3n) is 5.07. The van der Waals surface area contributed by atoms with Crippen LogP contribution in [0.2, 0.25) is 0 Å². The standard InChI is InChI=1S/C25H23N5O3S/c1-19(21-9-13-24(14-10-21)30-18-26-17-27-30)28-25(31)22-7-11-23(12-8-22)29-34(32,33)16-15-20-5-3-2-4-6-20/h2-19,29H,1H3,(H,28,31)/b16-15+. The van der Waals surface area contributed by atoms with Crippen LogP contribution >= 0.6 is 0 Å². The zero-order valence-corrected chi connectivity index (χ0v) is 19.2. The summed E-state index contributed by atoms with van der Waals surface area (Å²) >= 11 is 0. The fourth-order valence-corrected chi connectivity index (χ4v) is 4.11. The number of amides is 1. The molecule has 1 amide bonds. The van der Waals surface area contributed by atoms with Crippen molar-refractivity contribution in [3.8, 4) is 5.69 Å². The van der Waals surface area contributed by atoms with E-state index >= 15 is 0 Å². The molecular formula is C25H23N5O3S. The van der Waals surface area contributed by atoms with Crippen LogP contribution < -0.4 is 10.0 Å². The summed E-state index contributed by atoms with van der Waals surface area (Å²) in [5, 5.41) is 8.15. The van der Waals surface area contributed by atoms with Crippen molar-refractivity contribution in [2.45, 2.75) is 13.0 Å². The Morgan fingerprint density at radius 1 is 0.971 bits per heavy atom. The monoisotopic (exact) mass is 473 g/mol. The third kappa shape index (κ3) is 5.96. The first kappa shape index (κ1) is 22.9. The number of nitrogens with one attached hydrogen (secondary N) is 2. The average molecular weight is 474 g/mol. The van der Waals surface area contributed by atoms with E-state index in [4.69, 9.17) is 0 Å². The Bertz CT molecular complexity index is 1370. The molecule has 8 nitrogen and oxygen atoms in total. The van der Waals surface area contributed by atoms with Crippen molar-refractivity contribution in [2.24, 2.45) is 0 Å². The van der Waals surface area contributed by atoms with Gasteiger partial charge >= 0.3 is 0 Å². The molecule has 1 aromatic heterocycles. The summed E-state index contributed by atoms with van der Waals surface area (Å²) in [4.78, 5) is 16.6. The molecule has 0 bridgehead atoms. The number of benzene rings is 3. The minimum atomic E-state index is -3.68. The molecule has 2 N–H and O–H groups in total. The number of anilines is 1. The van der Waals surface area contributed by atoms with Crippen LogP contribution in [-0.4, -0.2) is 29.1 Å². The van der Waals surface area contributed by atoms with E-state index < -0.39 is 10.0 Å². The molecule has 0 radical (unpaired) electrons. The van der Waals surface area contributed by atoms with Crippen molar-refractivity contribution in [3.63, 3.8) is 0 Å². The Labute approximate surface area is 198 Å². The lowest BCUT2D eigenvalue weighted by Crippen LogP contribution is -2.26. The SMILES string of the molecule is CC(NC(=O)c1ccc(NS(=O)(=O)/C=C/c2ccccc2)cc1)c1ccc(-n2cncn2)cc1. The molecule has 1 unspecified atom stereocenters. The summed E-state index contributed by atoms with van der Waals surface area (Å²) < 4.78 is 28.7. The number of hydrogen-bond donors (Lipinski definition) is 2. The number of aromatic nitrogens is 3. The Hall–Kier alpha value is -4.24. The van der Waals surface area contributed by atoms with E-state index in [0.29, 0.717) is 11.3 Å². The summed E-state index contributed by atoms with van der Waals surface area (Å²) in [6.07, 6.45) is 4.60. The number of rotatable bonds is 8. The Balaban J connectivity index is 1.35. The van der Waals surface area contributed by atoms with Crippen LogP contribution in [0.25, 0.3) is 11.8 Å². The van der Waals surface area contributed by atoms with Crippen molar-refractivity contribution < 1.29 is 13.2 Å². The van der Waals surface area contributed by atoms with E-state index in [1.54, 1.807) is 35.3 Å². The highest BCUT2D eigenvalue weighted by atomic mass is 32.2. The predicted octanol–water partition coefficient (Wildman–Crippen LogP) is 4.17. The first-order valence-corrected chi connectivity index (χ1v) is 12.1. The fourth-order valence-electron chi connectivity index (χ4n) is 3.24. The maximum absolute atomic E-state index is 12.7. The van der Waals surface area contributed by atoms with Crippen molar-refractivity contribution in [1.82, 2.24) is 20.1 Å². The van der Waals surface area contributed by atoms with Crippen molar-refractivity contribution >= 4 is 27.7 Å². The van der Waals surface area contributed by atoms with E-state index in [9.17, 15) is 13.2 Å². The Morgan fingerprint density at radius 2 is 1.68 bits per heavy atom. The molecule has 0 aliphatic carbocycles. The molecule has 0 saturated heterocycles. The molecule has 0 aliphatic rings. The highest BCUT2D eigenvalue weighted by molar-refractivity contribution is 7.95. The maximum atomic E-state index is 12.7. The molecule has 0 saturated carbocycles. The van der Waals surface area contributed by atoms with Crippen LogP contribution in [0.15, 0.2) is 96.9 Å². The van der Waals surface area contributed by atoms with Gasteiger partial charge in [-0.25, -0.2) is 18.1 Å². The van der Waals surface area contributed by atoms with Gasteiger partial charge in [0, 0.05) is 11.3 Å². The van der Waals surface area contributed by atoms with Gasteiger partial charge in [-0.3, -0.25) is 9.52 Å². The first-order chi connectivity index (χ1) is 16.4. The molecule has 0 spiro atoms. The minimum absolute atomic E-state index is 0.224. The molecule has 34 heavy (non-hydrogen) atoms. The fraction of sp³-hybridized carbons (Fsp3) is 0.0800. The summed E-state index contributed by atoms with van der Waals surface area (Å²) in [6.45, 7) is 1.89. The van der Waals surface area contributed by atoms with Gasteiger partial charge in [0.2, 0.25) is 0 Å². The summed E-state index contributed by atoms with van der Waals surface area (Å²) in [5.74, 6) is -0.258. The zero-order chi connectivity index (χ0) is 24.0. The van der Waals surface area contributed by atoms with Gasteiger partial charge in [-0.05, 0) is 60.5 Å². The van der Waals surface area contributed by atoms with Gasteiger partial charge in [0.05, 0.1) is 17.1 Å². The second-order valence-electron chi connectivity index (χ2n) is 7.56. The topological polar surface area (TPSA) is 106 Å². The van der Waals surface area contributed by atoms with Gasteiger partial charge in [0.1, 0.15) is 12.7 Å². The van der Waals surface area contributed by atoms with Crippen LogP contribution in [-0.2, 0) is 10.0 Å². The number of carbonyl (C=O) groups excluding carboxylic acids is 1. The van der Waals surface area contributed by atoms with E-state index in [2.05, 4.69) is 20.1 Å². The number of hydrogen-bond acceptors (Lipinski definition) is 5. The highest BCUT2D eigenvalue weighted by Crippen LogP contribution is 2.17. The summed E-state index contributed by atoms with van der Waals surface area (Å²) in [6, 6.07) is 22.8. The molecule has 0 aliphatic heterocycles. The molecule has 3 aromatic carbocycles. The molecular weight excluding hydrogens is 450 g/mol. The van der Waals surface area contributed by atoms with E-state index in [1.807, 2.05) is 61.5 Å². The van der Waals surface area contributed by atoms with Gasteiger partial charge in [-0.2, -0.15) is 5.10 Å². The first-order valence-electron chi connectivity index (χ1n) is 10.5. The Morgan fingerprint density at radius 3 is 2.32 bits per heavy atom. The third-order valence-corrected chi connectivity index (χ3v) is 6.09. The lowest BCUT2D eigenvalue weighted by Gasteiger charge is -2.15.